The Bertz CT molecular complexity index is 1310. The Kier molecular flexibility index (Phi) is 5.74. The maximum absolute atomic E-state index is 11.6. The molecular formula is C20H18ClN7O2S. The molecule has 4 rings (SSSR count). The zero-order valence-electron chi connectivity index (χ0n) is 16.3. The van der Waals surface area contributed by atoms with Crippen LogP contribution >= 0.6 is 11.6 Å². The highest BCUT2D eigenvalue weighted by atomic mass is 35.5. The van der Waals surface area contributed by atoms with Crippen molar-refractivity contribution in [3.05, 3.63) is 78.2 Å². The normalized spacial score (nSPS) is 11.2. The number of hydrogen-bond acceptors (Lipinski definition) is 7. The van der Waals surface area contributed by atoms with Crippen LogP contribution in [0.4, 0.5) is 28.8 Å². The maximum atomic E-state index is 11.6. The summed E-state index contributed by atoms with van der Waals surface area (Å²) in [6.45, 7) is 0. The molecule has 3 N–H and O–H groups in total. The second kappa shape index (κ2) is 8.62. The van der Waals surface area contributed by atoms with Gasteiger partial charge in [-0.1, -0.05) is 29.8 Å². The van der Waals surface area contributed by atoms with Crippen molar-refractivity contribution in [3.8, 4) is 5.69 Å². The zero-order valence-corrected chi connectivity index (χ0v) is 17.9. The molecule has 0 spiro atoms. The Balaban J connectivity index is 1.59. The van der Waals surface area contributed by atoms with Gasteiger partial charge in [0.1, 0.15) is 5.02 Å². The number of para-hydroxylation sites is 2. The van der Waals surface area contributed by atoms with Crippen LogP contribution in [0, 0.1) is 0 Å². The minimum absolute atomic E-state index is 0.282. The lowest BCUT2D eigenvalue weighted by molar-refractivity contribution is 0.607. The molecular weight excluding hydrogens is 438 g/mol. The van der Waals surface area contributed by atoms with E-state index in [1.807, 2.05) is 36.5 Å². The van der Waals surface area contributed by atoms with E-state index < -0.39 is 10.0 Å². The summed E-state index contributed by atoms with van der Waals surface area (Å²) in [7, 11) is -3.45. The topological polar surface area (TPSA) is 114 Å². The van der Waals surface area contributed by atoms with Gasteiger partial charge < -0.3 is 10.6 Å². The summed E-state index contributed by atoms with van der Waals surface area (Å²) >= 11 is 6.26. The fourth-order valence-electron chi connectivity index (χ4n) is 2.80. The number of benzene rings is 2. The molecule has 31 heavy (non-hydrogen) atoms. The highest BCUT2D eigenvalue weighted by molar-refractivity contribution is 7.92. The maximum Gasteiger partial charge on any atom is 0.229 e. The minimum atomic E-state index is -3.45. The molecule has 0 aliphatic rings. The molecule has 0 saturated carbocycles. The molecule has 0 fully saturated rings. The molecule has 0 unspecified atom stereocenters. The lowest BCUT2D eigenvalue weighted by Gasteiger charge is -2.14. The Morgan fingerprint density at radius 1 is 1.00 bits per heavy atom. The van der Waals surface area contributed by atoms with E-state index in [2.05, 4.69) is 30.4 Å². The number of sulfonamides is 1. The summed E-state index contributed by atoms with van der Waals surface area (Å²) in [5, 5.41) is 10.7. The van der Waals surface area contributed by atoms with Crippen LogP contribution in [0.1, 0.15) is 0 Å². The van der Waals surface area contributed by atoms with Crippen LogP contribution in [0.15, 0.2) is 73.2 Å². The SMILES string of the molecule is CS(=O)(=O)Nc1ccccc1Nc1nc(Nc2cccc(-n3cccn3)c2)ncc1Cl. The highest BCUT2D eigenvalue weighted by Crippen LogP contribution is 2.29. The minimum Gasteiger partial charge on any atom is -0.337 e. The van der Waals surface area contributed by atoms with Crippen LogP contribution in [0.3, 0.4) is 0 Å². The highest BCUT2D eigenvalue weighted by Gasteiger charge is 2.11. The summed E-state index contributed by atoms with van der Waals surface area (Å²) in [5.41, 5.74) is 2.52. The summed E-state index contributed by atoms with van der Waals surface area (Å²) in [4.78, 5) is 8.65. The van der Waals surface area contributed by atoms with Crippen molar-refractivity contribution in [2.24, 2.45) is 0 Å². The summed E-state index contributed by atoms with van der Waals surface area (Å²) < 4.78 is 27.5. The van der Waals surface area contributed by atoms with Crippen LogP contribution in [0.25, 0.3) is 5.69 Å². The molecule has 11 heteroatoms. The Morgan fingerprint density at radius 3 is 2.55 bits per heavy atom. The van der Waals surface area contributed by atoms with Crippen LogP contribution in [-0.4, -0.2) is 34.4 Å². The molecule has 0 aliphatic heterocycles. The van der Waals surface area contributed by atoms with Crippen LogP contribution in [0.5, 0.6) is 0 Å². The van der Waals surface area contributed by atoms with E-state index in [0.717, 1.165) is 17.6 Å². The first-order valence-corrected chi connectivity index (χ1v) is 11.4. The third-order valence-corrected chi connectivity index (χ3v) is 4.96. The van der Waals surface area contributed by atoms with Crippen molar-refractivity contribution >= 4 is 50.5 Å². The molecule has 158 valence electrons. The fourth-order valence-corrected chi connectivity index (χ4v) is 3.52. The monoisotopic (exact) mass is 455 g/mol. The van der Waals surface area contributed by atoms with Crippen LogP contribution < -0.4 is 15.4 Å². The Morgan fingerprint density at radius 2 is 1.81 bits per heavy atom. The molecule has 0 aliphatic carbocycles. The van der Waals surface area contributed by atoms with Crippen molar-refractivity contribution in [2.45, 2.75) is 0 Å². The number of rotatable bonds is 7. The van der Waals surface area contributed by atoms with Crippen molar-refractivity contribution in [2.75, 3.05) is 21.6 Å². The van der Waals surface area contributed by atoms with Gasteiger partial charge in [-0.2, -0.15) is 10.1 Å². The van der Waals surface area contributed by atoms with E-state index in [4.69, 9.17) is 11.6 Å². The van der Waals surface area contributed by atoms with Crippen molar-refractivity contribution in [3.63, 3.8) is 0 Å². The first kappa shape index (κ1) is 20.6. The quantitative estimate of drug-likeness (QED) is 0.383. The third-order valence-electron chi connectivity index (χ3n) is 4.09. The van der Waals surface area contributed by atoms with Gasteiger partial charge >= 0.3 is 0 Å². The smallest absolute Gasteiger partial charge is 0.229 e. The third kappa shape index (κ3) is 5.30. The first-order chi connectivity index (χ1) is 14.9. The predicted molar refractivity (Wildman–Crippen MR) is 122 cm³/mol. The van der Waals surface area contributed by atoms with Gasteiger partial charge in [-0.3, -0.25) is 4.72 Å². The first-order valence-electron chi connectivity index (χ1n) is 9.11. The van der Waals surface area contributed by atoms with Gasteiger partial charge in [-0.15, -0.1) is 0 Å². The van der Waals surface area contributed by atoms with E-state index in [1.165, 1.54) is 6.20 Å². The molecule has 0 radical (unpaired) electrons. The van der Waals surface area contributed by atoms with E-state index in [1.54, 1.807) is 35.1 Å². The number of hydrogen-bond donors (Lipinski definition) is 3. The molecule has 2 heterocycles. The Hall–Kier alpha value is -3.63. The standard InChI is InChI=1S/C20H18ClN7O2S/c1-31(29,30)27-18-9-3-2-8-17(18)25-19-16(21)13-22-20(26-19)24-14-6-4-7-15(12-14)28-11-5-10-23-28/h2-13,27H,1H3,(H2,22,24,25,26). The molecule has 0 bridgehead atoms. The summed E-state index contributed by atoms with van der Waals surface area (Å²) in [5.74, 6) is 0.642. The molecule has 0 atom stereocenters. The van der Waals surface area contributed by atoms with Gasteiger partial charge in [0.15, 0.2) is 5.82 Å². The van der Waals surface area contributed by atoms with Gasteiger partial charge in [-0.05, 0) is 36.4 Å². The molecule has 0 saturated heterocycles. The molecule has 0 amide bonds. The number of nitrogens with one attached hydrogen (secondary N) is 3. The fraction of sp³-hybridized carbons (Fsp3) is 0.0500. The van der Waals surface area contributed by atoms with E-state index >= 15 is 0 Å². The number of anilines is 5. The van der Waals surface area contributed by atoms with E-state index in [0.29, 0.717) is 23.1 Å². The number of halogens is 1. The van der Waals surface area contributed by atoms with Gasteiger partial charge in [0.2, 0.25) is 16.0 Å². The molecule has 2 aromatic heterocycles. The van der Waals surface area contributed by atoms with Crippen molar-refractivity contribution in [1.29, 1.82) is 0 Å². The second-order valence-corrected chi connectivity index (χ2v) is 8.72. The van der Waals surface area contributed by atoms with Gasteiger partial charge in [0.25, 0.3) is 0 Å². The molecule has 4 aromatic rings. The van der Waals surface area contributed by atoms with E-state index in [9.17, 15) is 8.42 Å². The van der Waals surface area contributed by atoms with Crippen LogP contribution in [-0.2, 0) is 10.0 Å². The lowest BCUT2D eigenvalue weighted by atomic mass is 10.2. The average Bonchev–Trinajstić information content (AvgIpc) is 3.26. The van der Waals surface area contributed by atoms with E-state index in [-0.39, 0.29) is 5.02 Å². The predicted octanol–water partition coefficient (Wildman–Crippen LogP) is 4.17. The van der Waals surface area contributed by atoms with Crippen molar-refractivity contribution in [1.82, 2.24) is 19.7 Å². The zero-order chi connectivity index (χ0) is 21.8. The molecule has 2 aromatic carbocycles. The van der Waals surface area contributed by atoms with Crippen molar-refractivity contribution < 1.29 is 8.42 Å². The van der Waals surface area contributed by atoms with Gasteiger partial charge in [0.05, 0.1) is 29.5 Å². The largest absolute Gasteiger partial charge is 0.337 e. The lowest BCUT2D eigenvalue weighted by Crippen LogP contribution is -2.11. The number of aromatic nitrogens is 4. The average molecular weight is 456 g/mol. The molecule has 9 nitrogen and oxygen atoms in total. The second-order valence-electron chi connectivity index (χ2n) is 6.56. The summed E-state index contributed by atoms with van der Waals surface area (Å²) in [6, 6.07) is 16.3. The van der Waals surface area contributed by atoms with Gasteiger partial charge in [-0.25, -0.2) is 18.1 Å². The summed E-state index contributed by atoms with van der Waals surface area (Å²) in [6.07, 6.45) is 6.10. The Labute approximate surface area is 184 Å². The number of nitrogens with zero attached hydrogens (tertiary/aromatic N) is 4. The van der Waals surface area contributed by atoms with Crippen LogP contribution in [0.2, 0.25) is 5.02 Å². The van der Waals surface area contributed by atoms with Gasteiger partial charge in [0, 0.05) is 18.1 Å².